The van der Waals surface area contributed by atoms with Gasteiger partial charge < -0.3 is 4.90 Å². The molecule has 0 spiro atoms. The third kappa shape index (κ3) is 2.58. The van der Waals surface area contributed by atoms with Gasteiger partial charge in [-0.2, -0.15) is 0 Å². The molecule has 58 valence electrons. The van der Waals surface area contributed by atoms with Crippen molar-refractivity contribution in [3.05, 3.63) is 11.6 Å². The Morgan fingerprint density at radius 2 is 2.10 bits per heavy atom. The zero-order valence-electron chi connectivity index (χ0n) is 6.44. The molecule has 1 fully saturated rings. The molecule has 1 saturated heterocycles. The largest absolute Gasteiger partial charge is 0.306 e. The Balaban J connectivity index is 2.32. The van der Waals surface area contributed by atoms with E-state index >= 15 is 0 Å². The van der Waals surface area contributed by atoms with Crippen molar-refractivity contribution in [2.24, 2.45) is 0 Å². The van der Waals surface area contributed by atoms with Gasteiger partial charge in [0.25, 0.3) is 0 Å². The van der Waals surface area contributed by atoms with Crippen LogP contribution in [0.1, 0.15) is 12.8 Å². The second-order valence-electron chi connectivity index (χ2n) is 2.82. The maximum atomic E-state index is 2.41. The molecular formula is C8H14IN. The first-order valence-corrected chi connectivity index (χ1v) is 5.28. The third-order valence-corrected chi connectivity index (χ3v) is 2.44. The Morgan fingerprint density at radius 1 is 1.50 bits per heavy atom. The van der Waals surface area contributed by atoms with Gasteiger partial charge in [0.15, 0.2) is 0 Å². The standard InChI is InChI=1S/C8H14IN/c1-10-6-3-8(2-5-9)4-7-10/h2H,3-7H2,1H3. The molecule has 0 radical (unpaired) electrons. The molecule has 0 aromatic carbocycles. The van der Waals surface area contributed by atoms with E-state index in [4.69, 9.17) is 0 Å². The molecule has 0 saturated carbocycles. The van der Waals surface area contributed by atoms with Crippen molar-refractivity contribution < 1.29 is 0 Å². The number of alkyl halides is 1. The lowest BCUT2D eigenvalue weighted by atomic mass is 10.1. The lowest BCUT2D eigenvalue weighted by Gasteiger charge is -2.23. The molecule has 0 aromatic rings. The minimum absolute atomic E-state index is 1.18. The van der Waals surface area contributed by atoms with Gasteiger partial charge in [-0.3, -0.25) is 0 Å². The molecule has 1 nitrogen and oxygen atoms in total. The molecule has 0 N–H and O–H groups in total. The van der Waals surface area contributed by atoms with E-state index in [9.17, 15) is 0 Å². The highest BCUT2D eigenvalue weighted by Crippen LogP contribution is 2.14. The number of allylic oxidation sites excluding steroid dienone is 1. The lowest BCUT2D eigenvalue weighted by molar-refractivity contribution is 0.312. The predicted octanol–water partition coefficient (Wildman–Crippen LogP) is 2.07. The molecule has 0 unspecified atom stereocenters. The van der Waals surface area contributed by atoms with Gasteiger partial charge in [-0.15, -0.1) is 0 Å². The van der Waals surface area contributed by atoms with Gasteiger partial charge in [-0.1, -0.05) is 34.2 Å². The lowest BCUT2D eigenvalue weighted by Crippen LogP contribution is -2.26. The van der Waals surface area contributed by atoms with Crippen LogP contribution in [0.5, 0.6) is 0 Å². The summed E-state index contributed by atoms with van der Waals surface area (Å²) in [7, 11) is 2.20. The van der Waals surface area contributed by atoms with E-state index in [-0.39, 0.29) is 0 Å². The number of rotatable bonds is 1. The van der Waals surface area contributed by atoms with Gasteiger partial charge in [0, 0.05) is 17.5 Å². The first-order valence-electron chi connectivity index (χ1n) is 3.75. The normalized spacial score (nSPS) is 21.2. The number of halogens is 1. The van der Waals surface area contributed by atoms with E-state index in [1.807, 2.05) is 0 Å². The van der Waals surface area contributed by atoms with E-state index in [1.54, 1.807) is 5.57 Å². The van der Waals surface area contributed by atoms with Crippen LogP contribution in [0.25, 0.3) is 0 Å². The summed E-state index contributed by atoms with van der Waals surface area (Å²) in [6.45, 7) is 2.50. The number of hydrogen-bond acceptors (Lipinski definition) is 1. The van der Waals surface area contributed by atoms with Crippen LogP contribution in [0.15, 0.2) is 11.6 Å². The van der Waals surface area contributed by atoms with E-state index < -0.39 is 0 Å². The molecule has 0 atom stereocenters. The van der Waals surface area contributed by atoms with Crippen molar-refractivity contribution >= 4 is 22.6 Å². The van der Waals surface area contributed by atoms with Crippen LogP contribution in [0.4, 0.5) is 0 Å². The second-order valence-corrected chi connectivity index (χ2v) is 3.70. The summed E-state index contributed by atoms with van der Waals surface area (Å²) in [6.07, 6.45) is 4.95. The van der Waals surface area contributed by atoms with Gasteiger partial charge in [-0.05, 0) is 19.9 Å². The number of hydrogen-bond donors (Lipinski definition) is 0. The summed E-state index contributed by atoms with van der Waals surface area (Å²) in [5, 5.41) is 0. The Labute approximate surface area is 76.6 Å². The van der Waals surface area contributed by atoms with Crippen LogP contribution >= 0.6 is 22.6 Å². The van der Waals surface area contributed by atoms with Crippen molar-refractivity contribution in [1.29, 1.82) is 0 Å². The van der Waals surface area contributed by atoms with Crippen LogP contribution in [0.2, 0.25) is 0 Å². The molecule has 0 amide bonds. The first kappa shape index (κ1) is 8.53. The fourth-order valence-corrected chi connectivity index (χ4v) is 1.84. The minimum Gasteiger partial charge on any atom is -0.306 e. The van der Waals surface area contributed by atoms with Gasteiger partial charge in [-0.25, -0.2) is 0 Å². The van der Waals surface area contributed by atoms with Crippen molar-refractivity contribution in [2.45, 2.75) is 12.8 Å². The topological polar surface area (TPSA) is 3.24 Å². The predicted molar refractivity (Wildman–Crippen MR) is 53.7 cm³/mol. The summed E-state index contributed by atoms with van der Waals surface area (Å²) >= 11 is 2.41. The summed E-state index contributed by atoms with van der Waals surface area (Å²) in [5.41, 5.74) is 1.66. The molecule has 1 aliphatic rings. The van der Waals surface area contributed by atoms with E-state index in [2.05, 4.69) is 40.6 Å². The third-order valence-electron chi connectivity index (χ3n) is 2.00. The maximum Gasteiger partial charge on any atom is 0.0178 e. The first-order chi connectivity index (χ1) is 4.83. The number of likely N-dealkylation sites (tertiary alicyclic amines) is 1. The van der Waals surface area contributed by atoms with Gasteiger partial charge in [0.05, 0.1) is 0 Å². The molecule has 0 aromatic heterocycles. The molecule has 10 heavy (non-hydrogen) atoms. The van der Waals surface area contributed by atoms with Crippen molar-refractivity contribution in [3.8, 4) is 0 Å². The Kier molecular flexibility index (Phi) is 3.70. The average molecular weight is 251 g/mol. The number of nitrogens with zero attached hydrogens (tertiary/aromatic N) is 1. The zero-order valence-corrected chi connectivity index (χ0v) is 8.60. The van der Waals surface area contributed by atoms with E-state index in [1.165, 1.54) is 30.4 Å². The highest BCUT2D eigenvalue weighted by molar-refractivity contribution is 14.1. The van der Waals surface area contributed by atoms with Crippen LogP contribution in [0, 0.1) is 0 Å². The van der Waals surface area contributed by atoms with Gasteiger partial charge >= 0.3 is 0 Å². The SMILES string of the molecule is CN1CCC(=CCI)CC1. The van der Waals surface area contributed by atoms with Crippen molar-refractivity contribution in [3.63, 3.8) is 0 Å². The summed E-state index contributed by atoms with van der Waals surface area (Å²) in [4.78, 5) is 2.39. The van der Waals surface area contributed by atoms with Crippen molar-refractivity contribution in [1.82, 2.24) is 4.90 Å². The Bertz CT molecular complexity index is 121. The smallest absolute Gasteiger partial charge is 0.0178 e. The Morgan fingerprint density at radius 3 is 2.60 bits per heavy atom. The Hall–Kier alpha value is 0.430. The maximum absolute atomic E-state index is 2.41. The van der Waals surface area contributed by atoms with Crippen LogP contribution in [0.3, 0.4) is 0 Å². The van der Waals surface area contributed by atoms with Crippen molar-refractivity contribution in [2.75, 3.05) is 24.6 Å². The summed E-state index contributed by atoms with van der Waals surface area (Å²) < 4.78 is 1.18. The van der Waals surface area contributed by atoms with E-state index in [0.29, 0.717) is 0 Å². The molecule has 1 heterocycles. The molecule has 0 aliphatic carbocycles. The zero-order chi connectivity index (χ0) is 7.40. The molecule has 0 bridgehead atoms. The van der Waals surface area contributed by atoms with Gasteiger partial charge in [0.2, 0.25) is 0 Å². The fraction of sp³-hybridized carbons (Fsp3) is 0.750. The second kappa shape index (κ2) is 4.34. The molecule has 1 rings (SSSR count). The average Bonchev–Trinajstić information content (AvgIpc) is 1.95. The monoisotopic (exact) mass is 251 g/mol. The van der Waals surface area contributed by atoms with Crippen LogP contribution in [-0.4, -0.2) is 29.5 Å². The summed E-state index contributed by atoms with van der Waals surface area (Å²) in [6, 6.07) is 0. The molecule has 2 heteroatoms. The van der Waals surface area contributed by atoms with Crippen LogP contribution in [-0.2, 0) is 0 Å². The summed E-state index contributed by atoms with van der Waals surface area (Å²) in [5.74, 6) is 0. The van der Waals surface area contributed by atoms with Crippen LogP contribution < -0.4 is 0 Å². The fourth-order valence-electron chi connectivity index (χ4n) is 1.22. The minimum atomic E-state index is 1.18. The number of piperidine rings is 1. The quantitative estimate of drug-likeness (QED) is 0.392. The molecule has 1 aliphatic heterocycles. The molecular weight excluding hydrogens is 237 g/mol. The van der Waals surface area contributed by atoms with E-state index in [0.717, 1.165) is 0 Å². The van der Waals surface area contributed by atoms with Gasteiger partial charge in [0.1, 0.15) is 0 Å². The highest BCUT2D eigenvalue weighted by atomic mass is 127. The highest BCUT2D eigenvalue weighted by Gasteiger charge is 2.08.